The fourth-order valence-electron chi connectivity index (χ4n) is 10.3. The summed E-state index contributed by atoms with van der Waals surface area (Å²) in [6, 6.07) is 104. The lowest BCUT2D eigenvalue weighted by Gasteiger charge is -2.42. The van der Waals surface area contributed by atoms with Gasteiger partial charge in [-0.1, -0.05) is 303 Å². The van der Waals surface area contributed by atoms with Crippen molar-refractivity contribution in [1.82, 2.24) is 0 Å². The SMILES string of the molecule is c1ccc(CO[C@@H]([C@H](OCc2ccccc2)[C@@H](COC(c2ccccc2)(c2ccccc2)c2ccccc2)OCc2ccccc2)[C@H](COC(c2ccccc2)(c2ccccc2)c2ccccc2)OCc2ccccc2)cc1. The van der Waals surface area contributed by atoms with E-state index < -0.39 is 35.6 Å². The molecule has 4 atom stereocenters. The third-order valence-electron chi connectivity index (χ3n) is 14.3. The van der Waals surface area contributed by atoms with Gasteiger partial charge in [0.25, 0.3) is 0 Å². The summed E-state index contributed by atoms with van der Waals surface area (Å²) >= 11 is 0. The summed E-state index contributed by atoms with van der Waals surface area (Å²) in [6.45, 7) is 1.18. The predicted molar refractivity (Wildman–Crippen MR) is 310 cm³/mol. The van der Waals surface area contributed by atoms with Gasteiger partial charge in [0.1, 0.15) is 35.6 Å². The summed E-state index contributed by atoms with van der Waals surface area (Å²) in [6.07, 6.45) is -3.20. The van der Waals surface area contributed by atoms with Gasteiger partial charge in [0.2, 0.25) is 0 Å². The average Bonchev–Trinajstić information content (AvgIpc) is 3.56. The molecule has 10 aromatic carbocycles. The van der Waals surface area contributed by atoms with E-state index in [9.17, 15) is 0 Å². The van der Waals surface area contributed by atoms with E-state index in [4.69, 9.17) is 28.4 Å². The molecule has 10 rings (SSSR count). The lowest BCUT2D eigenvalue weighted by molar-refractivity contribution is -0.215. The molecule has 6 heteroatoms. The molecule has 0 N–H and O–H groups in total. The first-order chi connectivity index (χ1) is 38.7. The second-order valence-corrected chi connectivity index (χ2v) is 19.4. The summed E-state index contributed by atoms with van der Waals surface area (Å²) in [5.41, 5.74) is 7.68. The third kappa shape index (κ3) is 13.2. The van der Waals surface area contributed by atoms with E-state index in [1.54, 1.807) is 0 Å². The topological polar surface area (TPSA) is 55.4 Å². The first-order valence-electron chi connectivity index (χ1n) is 26.9. The highest BCUT2D eigenvalue weighted by Gasteiger charge is 2.45. The van der Waals surface area contributed by atoms with Crippen molar-refractivity contribution in [1.29, 1.82) is 0 Å². The Labute approximate surface area is 460 Å². The molecule has 0 spiro atoms. The van der Waals surface area contributed by atoms with Crippen molar-refractivity contribution in [3.05, 3.63) is 359 Å². The van der Waals surface area contributed by atoms with Crippen molar-refractivity contribution < 1.29 is 28.4 Å². The van der Waals surface area contributed by atoms with Gasteiger partial charge in [-0.15, -0.1) is 0 Å². The third-order valence-corrected chi connectivity index (χ3v) is 14.3. The van der Waals surface area contributed by atoms with E-state index in [2.05, 4.69) is 194 Å². The Morgan fingerprint density at radius 1 is 0.218 bits per heavy atom. The molecule has 0 heterocycles. The highest BCUT2D eigenvalue weighted by molar-refractivity contribution is 5.49. The molecule has 0 radical (unpaired) electrons. The minimum absolute atomic E-state index is 0.0738. The van der Waals surface area contributed by atoms with Gasteiger partial charge < -0.3 is 28.4 Å². The summed E-state index contributed by atoms with van der Waals surface area (Å²) < 4.78 is 45.1. The molecule has 10 aromatic rings. The van der Waals surface area contributed by atoms with E-state index in [1.807, 2.05) is 109 Å². The van der Waals surface area contributed by atoms with Crippen LogP contribution >= 0.6 is 0 Å². The Morgan fingerprint density at radius 3 is 0.603 bits per heavy atom. The predicted octanol–water partition coefficient (Wildman–Crippen LogP) is 15.3. The molecule has 6 nitrogen and oxygen atoms in total. The number of benzene rings is 10. The van der Waals surface area contributed by atoms with Gasteiger partial charge in [-0.25, -0.2) is 0 Å². The van der Waals surface area contributed by atoms with Gasteiger partial charge in [-0.2, -0.15) is 0 Å². The smallest absolute Gasteiger partial charge is 0.143 e. The number of ether oxygens (including phenoxy) is 6. The number of rotatable bonds is 27. The Balaban J connectivity index is 1.15. The van der Waals surface area contributed by atoms with Crippen molar-refractivity contribution in [2.45, 2.75) is 62.0 Å². The molecular formula is C72H66O6. The van der Waals surface area contributed by atoms with Crippen LogP contribution in [0.2, 0.25) is 0 Å². The average molecular weight is 1030 g/mol. The first-order valence-corrected chi connectivity index (χ1v) is 26.9. The highest BCUT2D eigenvalue weighted by Crippen LogP contribution is 2.43. The van der Waals surface area contributed by atoms with Crippen LogP contribution in [0, 0.1) is 0 Å². The van der Waals surface area contributed by atoms with E-state index >= 15 is 0 Å². The molecule has 78 heavy (non-hydrogen) atoms. The van der Waals surface area contributed by atoms with Crippen LogP contribution in [0.4, 0.5) is 0 Å². The Morgan fingerprint density at radius 2 is 0.397 bits per heavy atom. The summed E-state index contributed by atoms with van der Waals surface area (Å²) in [5, 5.41) is 0. The molecule has 0 saturated carbocycles. The Kier molecular flexibility index (Phi) is 18.7. The Bertz CT molecular complexity index is 2810. The fourth-order valence-corrected chi connectivity index (χ4v) is 10.3. The highest BCUT2D eigenvalue weighted by atomic mass is 16.6. The van der Waals surface area contributed by atoms with Gasteiger partial charge in [-0.05, 0) is 55.6 Å². The quantitative estimate of drug-likeness (QED) is 0.0479. The van der Waals surface area contributed by atoms with Gasteiger partial charge in [0.05, 0.1) is 39.6 Å². The molecule has 390 valence electrons. The zero-order valence-electron chi connectivity index (χ0n) is 43.9. The molecule has 0 amide bonds. The normalized spacial score (nSPS) is 13.3. The van der Waals surface area contributed by atoms with Gasteiger partial charge in [-0.3, -0.25) is 0 Å². The second-order valence-electron chi connectivity index (χ2n) is 19.4. The van der Waals surface area contributed by atoms with Crippen LogP contribution in [-0.4, -0.2) is 37.6 Å². The Hall–Kier alpha value is -8.04. The molecule has 0 aliphatic carbocycles. The minimum atomic E-state index is -1.07. The van der Waals surface area contributed by atoms with Gasteiger partial charge in [0.15, 0.2) is 0 Å². The van der Waals surface area contributed by atoms with Crippen LogP contribution in [0.1, 0.15) is 55.6 Å². The standard InChI is InChI=1S/C72H66O6/c1-11-31-57(32-12-1)51-73-67(55-77-71(61-39-19-5-20-40-61,62-41-21-6-22-42-62)63-43-23-7-24-44-63)69(75-53-59-35-15-3-16-36-59)70(76-54-60-37-17-4-18-38-60)68(74-52-58-33-13-2-14-34-58)56-78-72(64-45-25-8-26-46-64,65-47-27-9-28-48-65)66-49-29-10-30-50-66/h1-50,67-70H,51-56H2/t67-,68+,69-,70-/m1/s1. The van der Waals surface area contributed by atoms with Crippen LogP contribution in [0.15, 0.2) is 303 Å². The van der Waals surface area contributed by atoms with Crippen molar-refractivity contribution in [2.24, 2.45) is 0 Å². The monoisotopic (exact) mass is 1030 g/mol. The maximum absolute atomic E-state index is 7.75. The molecule has 0 unspecified atom stereocenters. The number of hydrogen-bond donors (Lipinski definition) is 0. The molecule has 0 saturated heterocycles. The van der Waals surface area contributed by atoms with Crippen LogP contribution in [0.5, 0.6) is 0 Å². The molecule has 0 aliphatic heterocycles. The summed E-state index contributed by atoms with van der Waals surface area (Å²) in [4.78, 5) is 0. The lowest BCUT2D eigenvalue weighted by Crippen LogP contribution is -2.53. The molecule has 0 aromatic heterocycles. The van der Waals surface area contributed by atoms with E-state index in [-0.39, 0.29) is 39.6 Å². The second kappa shape index (κ2) is 27.3. The fraction of sp³-hybridized carbons (Fsp3) is 0.167. The largest absolute Gasteiger partial charge is 0.368 e. The van der Waals surface area contributed by atoms with Crippen LogP contribution < -0.4 is 0 Å². The van der Waals surface area contributed by atoms with E-state index in [0.717, 1.165) is 55.6 Å². The molecule has 0 bridgehead atoms. The van der Waals surface area contributed by atoms with Crippen molar-refractivity contribution in [3.8, 4) is 0 Å². The lowest BCUT2D eigenvalue weighted by atomic mass is 9.80. The van der Waals surface area contributed by atoms with E-state index in [1.165, 1.54) is 0 Å². The summed E-state index contributed by atoms with van der Waals surface area (Å²) in [7, 11) is 0. The first kappa shape index (κ1) is 53.4. The van der Waals surface area contributed by atoms with Crippen molar-refractivity contribution in [2.75, 3.05) is 13.2 Å². The van der Waals surface area contributed by atoms with Gasteiger partial charge >= 0.3 is 0 Å². The molecule has 0 aliphatic rings. The van der Waals surface area contributed by atoms with Crippen LogP contribution in [0.25, 0.3) is 0 Å². The summed E-state index contributed by atoms with van der Waals surface area (Å²) in [5.74, 6) is 0. The number of hydrogen-bond acceptors (Lipinski definition) is 6. The van der Waals surface area contributed by atoms with Crippen molar-refractivity contribution in [3.63, 3.8) is 0 Å². The minimum Gasteiger partial charge on any atom is -0.368 e. The maximum Gasteiger partial charge on any atom is 0.143 e. The van der Waals surface area contributed by atoms with Gasteiger partial charge in [0, 0.05) is 0 Å². The van der Waals surface area contributed by atoms with Crippen molar-refractivity contribution >= 4 is 0 Å². The molecule has 0 fully saturated rings. The molecular weight excluding hydrogens is 961 g/mol. The van der Waals surface area contributed by atoms with Crippen LogP contribution in [-0.2, 0) is 66.1 Å². The van der Waals surface area contributed by atoms with E-state index in [0.29, 0.717) is 0 Å². The maximum atomic E-state index is 7.75. The zero-order chi connectivity index (χ0) is 52.9. The zero-order valence-corrected chi connectivity index (χ0v) is 43.9. The van der Waals surface area contributed by atoms with Crippen LogP contribution in [0.3, 0.4) is 0 Å².